The standard InChI is InChI=1S/C18H28N2O2/c1-2-17(21)19-14-10-5-3-4-6-11-15-20-18(22)16-12-8-7-9-13-16/h7-9,12-13H,2-6,10-11,14-15H2,1H3,(H,19,21)(H,20,22). The fourth-order valence-electron chi connectivity index (χ4n) is 2.20. The second kappa shape index (κ2) is 11.8. The van der Waals surface area contributed by atoms with Crippen molar-refractivity contribution < 1.29 is 9.59 Å². The van der Waals surface area contributed by atoms with Crippen molar-refractivity contribution in [1.29, 1.82) is 0 Å². The summed E-state index contributed by atoms with van der Waals surface area (Å²) < 4.78 is 0. The number of amides is 2. The van der Waals surface area contributed by atoms with E-state index in [0.29, 0.717) is 6.42 Å². The predicted molar refractivity (Wildman–Crippen MR) is 89.8 cm³/mol. The van der Waals surface area contributed by atoms with E-state index in [1.807, 2.05) is 37.3 Å². The molecule has 0 unspecified atom stereocenters. The van der Waals surface area contributed by atoms with Gasteiger partial charge < -0.3 is 10.6 Å². The molecule has 0 aromatic heterocycles. The second-order valence-electron chi connectivity index (χ2n) is 5.45. The summed E-state index contributed by atoms with van der Waals surface area (Å²) in [5, 5.41) is 5.83. The van der Waals surface area contributed by atoms with Crippen LogP contribution in [-0.4, -0.2) is 24.9 Å². The first kappa shape index (κ1) is 18.2. The maximum absolute atomic E-state index is 11.8. The summed E-state index contributed by atoms with van der Waals surface area (Å²) in [7, 11) is 0. The zero-order valence-electron chi connectivity index (χ0n) is 13.6. The minimum atomic E-state index is 0.00673. The van der Waals surface area contributed by atoms with Gasteiger partial charge in [-0.15, -0.1) is 0 Å². The normalized spacial score (nSPS) is 10.2. The van der Waals surface area contributed by atoms with Crippen LogP contribution in [0.5, 0.6) is 0 Å². The Morgan fingerprint density at radius 3 is 1.95 bits per heavy atom. The molecule has 2 amide bonds. The minimum Gasteiger partial charge on any atom is -0.356 e. The van der Waals surface area contributed by atoms with Crippen molar-refractivity contribution in [2.24, 2.45) is 0 Å². The summed E-state index contributed by atoms with van der Waals surface area (Å²) in [5.74, 6) is 0.140. The van der Waals surface area contributed by atoms with Crippen LogP contribution in [0.25, 0.3) is 0 Å². The number of rotatable bonds is 11. The first-order chi connectivity index (χ1) is 10.7. The van der Waals surface area contributed by atoms with Crippen molar-refractivity contribution in [3.05, 3.63) is 35.9 Å². The third-order valence-electron chi connectivity index (χ3n) is 3.57. The monoisotopic (exact) mass is 304 g/mol. The molecule has 0 aliphatic carbocycles. The summed E-state index contributed by atoms with van der Waals surface area (Å²) in [6.45, 7) is 3.39. The van der Waals surface area contributed by atoms with Gasteiger partial charge >= 0.3 is 0 Å². The number of hydrogen-bond donors (Lipinski definition) is 2. The molecule has 0 saturated heterocycles. The van der Waals surface area contributed by atoms with Gasteiger partial charge in [-0.2, -0.15) is 0 Å². The highest BCUT2D eigenvalue weighted by atomic mass is 16.2. The molecule has 4 nitrogen and oxygen atoms in total. The highest BCUT2D eigenvalue weighted by Gasteiger charge is 2.02. The fraction of sp³-hybridized carbons (Fsp3) is 0.556. The topological polar surface area (TPSA) is 58.2 Å². The highest BCUT2D eigenvalue weighted by molar-refractivity contribution is 5.94. The van der Waals surface area contributed by atoms with E-state index in [0.717, 1.165) is 44.3 Å². The molecule has 0 aliphatic rings. The van der Waals surface area contributed by atoms with Crippen molar-refractivity contribution in [3.63, 3.8) is 0 Å². The fourth-order valence-corrected chi connectivity index (χ4v) is 2.20. The minimum absolute atomic E-state index is 0.00673. The molecule has 1 rings (SSSR count). The Morgan fingerprint density at radius 2 is 1.36 bits per heavy atom. The summed E-state index contributed by atoms with van der Waals surface area (Å²) in [6, 6.07) is 9.31. The summed E-state index contributed by atoms with van der Waals surface area (Å²) in [5.41, 5.74) is 0.719. The van der Waals surface area contributed by atoms with Gasteiger partial charge in [0.2, 0.25) is 5.91 Å². The molecule has 1 aromatic rings. The molecule has 22 heavy (non-hydrogen) atoms. The van der Waals surface area contributed by atoms with Crippen molar-refractivity contribution in [1.82, 2.24) is 10.6 Å². The van der Waals surface area contributed by atoms with Gasteiger partial charge in [-0.05, 0) is 25.0 Å². The van der Waals surface area contributed by atoms with E-state index in [4.69, 9.17) is 0 Å². The zero-order chi connectivity index (χ0) is 16.0. The van der Waals surface area contributed by atoms with Crippen LogP contribution in [0.15, 0.2) is 30.3 Å². The van der Waals surface area contributed by atoms with Crippen molar-refractivity contribution in [3.8, 4) is 0 Å². The second-order valence-corrected chi connectivity index (χ2v) is 5.45. The van der Waals surface area contributed by atoms with Crippen molar-refractivity contribution in [2.45, 2.75) is 51.9 Å². The molecule has 0 fully saturated rings. The van der Waals surface area contributed by atoms with Gasteiger partial charge in [0.05, 0.1) is 0 Å². The molecule has 4 heteroatoms. The summed E-state index contributed by atoms with van der Waals surface area (Å²) in [4.78, 5) is 22.8. The van der Waals surface area contributed by atoms with E-state index in [2.05, 4.69) is 10.6 Å². The Morgan fingerprint density at radius 1 is 0.818 bits per heavy atom. The molecule has 0 atom stereocenters. The van der Waals surface area contributed by atoms with Crippen molar-refractivity contribution >= 4 is 11.8 Å². The van der Waals surface area contributed by atoms with Crippen LogP contribution in [0, 0.1) is 0 Å². The van der Waals surface area contributed by atoms with Gasteiger partial charge in [0.25, 0.3) is 5.91 Å². The molecular weight excluding hydrogens is 276 g/mol. The Balaban J connectivity index is 1.90. The number of carbonyl (C=O) groups is 2. The molecular formula is C18H28N2O2. The van der Waals surface area contributed by atoms with Gasteiger partial charge in [-0.25, -0.2) is 0 Å². The van der Waals surface area contributed by atoms with E-state index >= 15 is 0 Å². The average Bonchev–Trinajstić information content (AvgIpc) is 2.56. The Labute approximate surface area is 133 Å². The van der Waals surface area contributed by atoms with Crippen LogP contribution in [0.2, 0.25) is 0 Å². The number of carbonyl (C=O) groups excluding carboxylic acids is 2. The van der Waals surface area contributed by atoms with Gasteiger partial charge in [0, 0.05) is 25.1 Å². The smallest absolute Gasteiger partial charge is 0.251 e. The van der Waals surface area contributed by atoms with Gasteiger partial charge in [-0.1, -0.05) is 50.8 Å². The van der Waals surface area contributed by atoms with Crippen LogP contribution in [0.1, 0.15) is 62.2 Å². The molecule has 1 aromatic carbocycles. The number of hydrogen-bond acceptors (Lipinski definition) is 2. The maximum atomic E-state index is 11.8. The number of unbranched alkanes of at least 4 members (excludes halogenated alkanes) is 5. The Hall–Kier alpha value is -1.84. The van der Waals surface area contributed by atoms with Gasteiger partial charge in [-0.3, -0.25) is 9.59 Å². The van der Waals surface area contributed by atoms with Gasteiger partial charge in [0.1, 0.15) is 0 Å². The van der Waals surface area contributed by atoms with Crippen LogP contribution < -0.4 is 10.6 Å². The first-order valence-corrected chi connectivity index (χ1v) is 8.34. The van der Waals surface area contributed by atoms with E-state index in [1.54, 1.807) is 0 Å². The lowest BCUT2D eigenvalue weighted by Crippen LogP contribution is -2.24. The first-order valence-electron chi connectivity index (χ1n) is 8.34. The predicted octanol–water partition coefficient (Wildman–Crippen LogP) is 3.28. The van der Waals surface area contributed by atoms with E-state index in [1.165, 1.54) is 12.8 Å². The van der Waals surface area contributed by atoms with Crippen LogP contribution in [-0.2, 0) is 4.79 Å². The van der Waals surface area contributed by atoms with Crippen LogP contribution >= 0.6 is 0 Å². The molecule has 122 valence electrons. The lowest BCUT2D eigenvalue weighted by atomic mass is 10.1. The van der Waals surface area contributed by atoms with Crippen molar-refractivity contribution in [2.75, 3.05) is 13.1 Å². The highest BCUT2D eigenvalue weighted by Crippen LogP contribution is 2.05. The van der Waals surface area contributed by atoms with E-state index < -0.39 is 0 Å². The quantitative estimate of drug-likeness (QED) is 0.616. The Kier molecular flexibility index (Phi) is 9.75. The zero-order valence-corrected chi connectivity index (χ0v) is 13.6. The SMILES string of the molecule is CCC(=O)NCCCCCCCCNC(=O)c1ccccc1. The molecule has 0 heterocycles. The third-order valence-corrected chi connectivity index (χ3v) is 3.57. The van der Waals surface area contributed by atoms with Crippen LogP contribution in [0.3, 0.4) is 0 Å². The lowest BCUT2D eigenvalue weighted by Gasteiger charge is -2.06. The number of benzene rings is 1. The van der Waals surface area contributed by atoms with E-state index in [-0.39, 0.29) is 11.8 Å². The third kappa shape index (κ3) is 8.45. The molecule has 2 N–H and O–H groups in total. The average molecular weight is 304 g/mol. The van der Waals surface area contributed by atoms with E-state index in [9.17, 15) is 9.59 Å². The molecule has 0 bridgehead atoms. The summed E-state index contributed by atoms with van der Waals surface area (Å²) in [6.07, 6.45) is 7.30. The number of nitrogens with one attached hydrogen (secondary N) is 2. The molecule has 0 saturated carbocycles. The molecule has 0 aliphatic heterocycles. The van der Waals surface area contributed by atoms with Crippen LogP contribution in [0.4, 0.5) is 0 Å². The summed E-state index contributed by atoms with van der Waals surface area (Å²) >= 11 is 0. The largest absolute Gasteiger partial charge is 0.356 e. The molecule has 0 spiro atoms. The molecule has 0 radical (unpaired) electrons. The maximum Gasteiger partial charge on any atom is 0.251 e. The Bertz CT molecular complexity index is 432. The lowest BCUT2D eigenvalue weighted by molar-refractivity contribution is -0.120. The van der Waals surface area contributed by atoms with Gasteiger partial charge in [0.15, 0.2) is 0 Å².